The van der Waals surface area contributed by atoms with Crippen LogP contribution >= 0.6 is 15.9 Å². The van der Waals surface area contributed by atoms with E-state index in [1.807, 2.05) is 43.9 Å². The van der Waals surface area contributed by atoms with Crippen LogP contribution in [0.5, 0.6) is 0 Å². The second kappa shape index (κ2) is 6.92. The molecule has 1 saturated heterocycles. The van der Waals surface area contributed by atoms with Gasteiger partial charge in [-0.25, -0.2) is 14.8 Å². The van der Waals surface area contributed by atoms with Crippen LogP contribution in [0.4, 0.5) is 10.6 Å². The monoisotopic (exact) mass is 445 g/mol. The third-order valence-electron chi connectivity index (χ3n) is 4.90. The zero-order valence-electron chi connectivity index (χ0n) is 16.3. The number of aromatic amines is 1. The van der Waals surface area contributed by atoms with Crippen LogP contribution in [-0.4, -0.2) is 44.1 Å². The molecule has 1 aliphatic heterocycles. The molecule has 0 radical (unpaired) electrons. The Morgan fingerprint density at radius 2 is 2.18 bits per heavy atom. The van der Waals surface area contributed by atoms with Gasteiger partial charge in [0, 0.05) is 28.9 Å². The summed E-state index contributed by atoms with van der Waals surface area (Å²) in [4.78, 5) is 26.9. The zero-order valence-corrected chi connectivity index (χ0v) is 17.8. The molecule has 3 heterocycles. The molecule has 1 aliphatic rings. The molecular weight excluding hydrogens is 422 g/mol. The summed E-state index contributed by atoms with van der Waals surface area (Å²) in [6.07, 6.45) is 2.26. The summed E-state index contributed by atoms with van der Waals surface area (Å²) < 4.78 is 6.50. The summed E-state index contributed by atoms with van der Waals surface area (Å²) in [7, 11) is 0. The number of halogens is 1. The van der Waals surface area contributed by atoms with E-state index in [1.165, 1.54) is 0 Å². The number of ether oxygens (including phenoxy) is 1. The number of nitrogens with two attached hydrogens (primary N) is 1. The molecule has 28 heavy (non-hydrogen) atoms. The van der Waals surface area contributed by atoms with Gasteiger partial charge < -0.3 is 20.4 Å². The van der Waals surface area contributed by atoms with Gasteiger partial charge in [-0.2, -0.15) is 0 Å². The van der Waals surface area contributed by atoms with Gasteiger partial charge in [-0.1, -0.05) is 15.9 Å². The molecule has 1 fully saturated rings. The highest BCUT2D eigenvalue weighted by Gasteiger charge is 2.33. The van der Waals surface area contributed by atoms with E-state index >= 15 is 0 Å². The fourth-order valence-electron chi connectivity index (χ4n) is 3.71. The van der Waals surface area contributed by atoms with Gasteiger partial charge in [0.2, 0.25) is 0 Å². The van der Waals surface area contributed by atoms with Crippen molar-refractivity contribution in [3.63, 3.8) is 0 Å². The Hall–Kier alpha value is -2.35. The topological polar surface area (TPSA) is 97.1 Å². The van der Waals surface area contributed by atoms with Crippen LogP contribution in [-0.2, 0) is 11.2 Å². The molecule has 7 nitrogen and oxygen atoms in total. The van der Waals surface area contributed by atoms with Crippen LogP contribution in [0.2, 0.25) is 0 Å². The molecule has 0 aliphatic carbocycles. The number of imidazole rings is 1. The number of anilines is 1. The van der Waals surface area contributed by atoms with Crippen LogP contribution < -0.4 is 5.73 Å². The minimum atomic E-state index is -0.503. The summed E-state index contributed by atoms with van der Waals surface area (Å²) >= 11 is 3.47. The predicted octanol–water partition coefficient (Wildman–Crippen LogP) is 4.40. The van der Waals surface area contributed by atoms with Crippen LogP contribution in [0.25, 0.3) is 21.9 Å². The molecule has 148 valence electrons. The maximum absolute atomic E-state index is 12.5. The second-order valence-corrected chi connectivity index (χ2v) is 9.16. The Bertz CT molecular complexity index is 1060. The van der Waals surface area contributed by atoms with Gasteiger partial charge in [-0.05, 0) is 51.8 Å². The third-order valence-corrected chi connectivity index (χ3v) is 5.39. The highest BCUT2D eigenvalue weighted by Crippen LogP contribution is 2.29. The Labute approximate surface area is 171 Å². The number of nitrogens with one attached hydrogen (secondary N) is 1. The van der Waals surface area contributed by atoms with Gasteiger partial charge in [0.15, 0.2) is 0 Å². The molecule has 3 N–H and O–H groups in total. The lowest BCUT2D eigenvalue weighted by molar-refractivity contribution is 0.0226. The largest absolute Gasteiger partial charge is 0.444 e. The summed E-state index contributed by atoms with van der Waals surface area (Å²) in [6.45, 7) is 6.36. The number of carbonyl (C=O) groups excluding carboxylic acids is 1. The number of fused-ring (bicyclic) bond motifs is 3. The Morgan fingerprint density at radius 3 is 2.93 bits per heavy atom. The maximum atomic E-state index is 12.5. The van der Waals surface area contributed by atoms with Gasteiger partial charge in [-0.3, -0.25) is 0 Å². The zero-order chi connectivity index (χ0) is 20.1. The predicted molar refractivity (Wildman–Crippen MR) is 113 cm³/mol. The summed E-state index contributed by atoms with van der Waals surface area (Å²) in [5, 5.41) is 0.949. The molecule has 1 atom stereocenters. The summed E-state index contributed by atoms with van der Waals surface area (Å²) in [5.74, 6) is 1.23. The number of hydrogen-bond donors (Lipinski definition) is 2. The van der Waals surface area contributed by atoms with Crippen molar-refractivity contribution in [2.45, 2.75) is 51.7 Å². The molecule has 1 amide bonds. The number of nitrogen functional groups attached to an aromatic ring is 1. The molecule has 8 heteroatoms. The van der Waals surface area contributed by atoms with E-state index in [0.717, 1.165) is 45.1 Å². The van der Waals surface area contributed by atoms with E-state index in [0.29, 0.717) is 18.8 Å². The number of nitrogens with zero attached hydrogens (tertiary/aromatic N) is 3. The number of likely N-dealkylation sites (tertiary alicyclic amines) is 1. The van der Waals surface area contributed by atoms with Crippen molar-refractivity contribution in [1.82, 2.24) is 19.9 Å². The van der Waals surface area contributed by atoms with Crippen molar-refractivity contribution in [2.75, 3.05) is 12.3 Å². The van der Waals surface area contributed by atoms with Crippen LogP contribution in [0.1, 0.15) is 39.4 Å². The lowest BCUT2D eigenvalue weighted by Crippen LogP contribution is -2.40. The van der Waals surface area contributed by atoms with Crippen molar-refractivity contribution < 1.29 is 9.53 Å². The number of aromatic nitrogens is 3. The fourth-order valence-corrected chi connectivity index (χ4v) is 4.06. The second-order valence-electron chi connectivity index (χ2n) is 8.24. The Balaban J connectivity index is 1.63. The number of carbonyl (C=O) groups is 1. The third kappa shape index (κ3) is 3.65. The normalized spacial score (nSPS) is 17.6. The van der Waals surface area contributed by atoms with Gasteiger partial charge in [-0.15, -0.1) is 0 Å². The standard InChI is InChI=1S/C20H24BrN5O2/c1-20(2,3)28-19(27)26-8-4-5-12(26)10-15-24-16-13-7-6-11(21)9-14(13)23-18(22)17(16)25-15/h6-7,9,12H,4-5,8,10H2,1-3H3,(H2,22,23)(H,24,25). The molecule has 1 unspecified atom stereocenters. The SMILES string of the molecule is CC(C)(C)OC(=O)N1CCCC1Cc1nc2c([nH]1)c(N)nc1cc(Br)ccc12. The van der Waals surface area contributed by atoms with E-state index in [1.54, 1.807) is 0 Å². The highest BCUT2D eigenvalue weighted by molar-refractivity contribution is 9.10. The quantitative estimate of drug-likeness (QED) is 0.608. The van der Waals surface area contributed by atoms with Crippen LogP contribution in [0, 0.1) is 0 Å². The van der Waals surface area contributed by atoms with Crippen molar-refractivity contribution in [1.29, 1.82) is 0 Å². The number of rotatable bonds is 2. The Morgan fingerprint density at radius 1 is 1.39 bits per heavy atom. The lowest BCUT2D eigenvalue weighted by atomic mass is 10.1. The van der Waals surface area contributed by atoms with Crippen LogP contribution in [0.15, 0.2) is 22.7 Å². The first-order chi connectivity index (χ1) is 13.2. The Kier molecular flexibility index (Phi) is 4.69. The number of hydrogen-bond acceptors (Lipinski definition) is 5. The van der Waals surface area contributed by atoms with E-state index in [4.69, 9.17) is 15.5 Å². The average Bonchev–Trinajstić information content (AvgIpc) is 3.21. The maximum Gasteiger partial charge on any atom is 0.410 e. The number of amides is 1. The van der Waals surface area contributed by atoms with Gasteiger partial charge >= 0.3 is 6.09 Å². The molecule has 2 aromatic heterocycles. The first-order valence-corrected chi connectivity index (χ1v) is 10.2. The fraction of sp³-hybridized carbons (Fsp3) is 0.450. The molecule has 0 bridgehead atoms. The van der Waals surface area contributed by atoms with Gasteiger partial charge in [0.05, 0.1) is 5.52 Å². The van der Waals surface area contributed by atoms with E-state index in [2.05, 4.69) is 25.9 Å². The lowest BCUT2D eigenvalue weighted by Gasteiger charge is -2.28. The minimum absolute atomic E-state index is 0.0602. The smallest absolute Gasteiger partial charge is 0.410 e. The molecule has 4 rings (SSSR count). The molecule has 3 aromatic rings. The van der Waals surface area contributed by atoms with Gasteiger partial charge in [0.25, 0.3) is 0 Å². The van der Waals surface area contributed by atoms with E-state index in [-0.39, 0.29) is 12.1 Å². The average molecular weight is 446 g/mol. The van der Waals surface area contributed by atoms with Crippen molar-refractivity contribution in [3.05, 3.63) is 28.5 Å². The number of pyridine rings is 1. The summed E-state index contributed by atoms with van der Waals surface area (Å²) in [5.41, 5.74) is 8.01. The van der Waals surface area contributed by atoms with E-state index < -0.39 is 5.60 Å². The first kappa shape index (κ1) is 19.0. The van der Waals surface area contributed by atoms with Crippen molar-refractivity contribution in [3.8, 4) is 0 Å². The van der Waals surface area contributed by atoms with Crippen LogP contribution in [0.3, 0.4) is 0 Å². The molecule has 1 aromatic carbocycles. The molecule has 0 spiro atoms. The minimum Gasteiger partial charge on any atom is -0.444 e. The highest BCUT2D eigenvalue weighted by atomic mass is 79.9. The first-order valence-electron chi connectivity index (χ1n) is 9.44. The van der Waals surface area contributed by atoms with E-state index in [9.17, 15) is 4.79 Å². The van der Waals surface area contributed by atoms with Crippen molar-refractivity contribution in [2.24, 2.45) is 0 Å². The summed E-state index contributed by atoms with van der Waals surface area (Å²) in [6, 6.07) is 5.95. The van der Waals surface area contributed by atoms with Crippen molar-refractivity contribution >= 4 is 49.8 Å². The number of H-pyrrole nitrogens is 1. The molecular formula is C20H24BrN5O2. The van der Waals surface area contributed by atoms with Gasteiger partial charge in [0.1, 0.15) is 28.3 Å². The molecule has 0 saturated carbocycles. The number of benzene rings is 1.